The first-order chi connectivity index (χ1) is 5.72. The largest absolute Gasteiger partial charge is 0.396 e. The van der Waals surface area contributed by atoms with Crippen molar-refractivity contribution in [2.75, 3.05) is 26.3 Å². The molecule has 0 aliphatic heterocycles. The lowest BCUT2D eigenvalue weighted by Gasteiger charge is -2.18. The fraction of sp³-hybridized carbons (Fsp3) is 0.857. The van der Waals surface area contributed by atoms with Crippen molar-refractivity contribution in [2.45, 2.75) is 12.8 Å². The van der Waals surface area contributed by atoms with Gasteiger partial charge in [0.2, 0.25) is 0 Å². The van der Waals surface area contributed by atoms with E-state index in [1.165, 1.54) is 4.90 Å². The van der Waals surface area contributed by atoms with Gasteiger partial charge in [-0.15, -0.1) is 0 Å². The van der Waals surface area contributed by atoms with Crippen molar-refractivity contribution in [1.29, 1.82) is 0 Å². The zero-order valence-corrected chi connectivity index (χ0v) is 6.99. The van der Waals surface area contributed by atoms with Crippen molar-refractivity contribution < 1.29 is 15.0 Å². The second kappa shape index (κ2) is 6.87. The van der Waals surface area contributed by atoms with Gasteiger partial charge >= 0.3 is 6.03 Å². The fourth-order valence-electron chi connectivity index (χ4n) is 0.838. The molecule has 3 N–H and O–H groups in total. The standard InChI is InChI=1S/C7H15N2O3/c8-7(12)9(3-1-5-10)4-2-6-11/h8,10-11H,1-6H2. The summed E-state index contributed by atoms with van der Waals surface area (Å²) >= 11 is 0. The first-order valence-corrected chi connectivity index (χ1v) is 3.94. The Bertz CT molecular complexity index is 122. The molecule has 0 heterocycles. The van der Waals surface area contributed by atoms with Gasteiger partial charge in [-0.1, -0.05) is 0 Å². The molecule has 0 aliphatic rings. The highest BCUT2D eigenvalue weighted by molar-refractivity contribution is 5.71. The Balaban J connectivity index is 3.62. The molecule has 0 atom stereocenters. The maximum absolute atomic E-state index is 10.6. The van der Waals surface area contributed by atoms with Crippen LogP contribution in [0.1, 0.15) is 12.8 Å². The van der Waals surface area contributed by atoms with Crippen molar-refractivity contribution in [1.82, 2.24) is 10.6 Å². The molecular weight excluding hydrogens is 160 g/mol. The monoisotopic (exact) mass is 175 g/mol. The van der Waals surface area contributed by atoms with Crippen molar-refractivity contribution in [3.63, 3.8) is 0 Å². The molecule has 0 spiro atoms. The number of aliphatic hydroxyl groups is 2. The van der Waals surface area contributed by atoms with Crippen LogP contribution < -0.4 is 5.73 Å². The molecule has 0 bridgehead atoms. The number of hydrogen-bond donors (Lipinski definition) is 2. The van der Waals surface area contributed by atoms with Crippen LogP contribution in [0.4, 0.5) is 4.79 Å². The molecule has 5 nitrogen and oxygen atoms in total. The third-order valence-corrected chi connectivity index (χ3v) is 1.46. The average Bonchev–Trinajstić information content (AvgIpc) is 2.04. The van der Waals surface area contributed by atoms with Crippen molar-refractivity contribution in [2.24, 2.45) is 0 Å². The average molecular weight is 175 g/mol. The minimum Gasteiger partial charge on any atom is -0.396 e. The van der Waals surface area contributed by atoms with Gasteiger partial charge in [0.05, 0.1) is 0 Å². The molecule has 2 amide bonds. The number of amides is 2. The van der Waals surface area contributed by atoms with E-state index < -0.39 is 6.03 Å². The van der Waals surface area contributed by atoms with Gasteiger partial charge in [-0.05, 0) is 12.8 Å². The minimum atomic E-state index is -0.753. The SMILES string of the molecule is [NH]C(=O)N(CCCO)CCCO. The number of hydrogen-bond acceptors (Lipinski definition) is 3. The maximum Gasteiger partial charge on any atom is 0.336 e. The number of rotatable bonds is 6. The summed E-state index contributed by atoms with van der Waals surface area (Å²) in [5, 5.41) is 16.9. The lowest BCUT2D eigenvalue weighted by Crippen LogP contribution is -2.33. The molecule has 0 saturated carbocycles. The predicted octanol–water partition coefficient (Wildman–Crippen LogP) is -0.544. The summed E-state index contributed by atoms with van der Waals surface area (Å²) in [7, 11) is 0. The van der Waals surface area contributed by atoms with E-state index >= 15 is 0 Å². The van der Waals surface area contributed by atoms with Crippen LogP contribution >= 0.6 is 0 Å². The fourth-order valence-corrected chi connectivity index (χ4v) is 0.838. The smallest absolute Gasteiger partial charge is 0.336 e. The lowest BCUT2D eigenvalue weighted by molar-refractivity contribution is 0.188. The molecule has 0 aliphatic carbocycles. The minimum absolute atomic E-state index is 0.0168. The van der Waals surface area contributed by atoms with Crippen LogP contribution in [0.3, 0.4) is 0 Å². The van der Waals surface area contributed by atoms with Crippen LogP contribution in [0.2, 0.25) is 0 Å². The molecule has 0 aromatic carbocycles. The third kappa shape index (κ3) is 4.92. The van der Waals surface area contributed by atoms with Crippen LogP contribution in [0.5, 0.6) is 0 Å². The molecule has 12 heavy (non-hydrogen) atoms. The zero-order chi connectivity index (χ0) is 9.40. The first kappa shape index (κ1) is 11.2. The van der Waals surface area contributed by atoms with Gasteiger partial charge in [0.25, 0.3) is 0 Å². The number of carbonyl (C=O) groups excluding carboxylic acids is 1. The summed E-state index contributed by atoms with van der Waals surface area (Å²) < 4.78 is 0. The van der Waals surface area contributed by atoms with Crippen molar-refractivity contribution in [3.05, 3.63) is 0 Å². The summed E-state index contributed by atoms with van der Waals surface area (Å²) in [6, 6.07) is -0.753. The number of nitrogens with zero attached hydrogens (tertiary/aromatic N) is 1. The van der Waals surface area contributed by atoms with Gasteiger partial charge in [0.15, 0.2) is 0 Å². The van der Waals surface area contributed by atoms with E-state index in [1.807, 2.05) is 0 Å². The van der Waals surface area contributed by atoms with Crippen LogP contribution in [0.25, 0.3) is 0 Å². The molecule has 0 aromatic heterocycles. The van der Waals surface area contributed by atoms with Crippen LogP contribution in [-0.2, 0) is 0 Å². The summed E-state index contributed by atoms with van der Waals surface area (Å²) in [5.41, 5.74) is 6.82. The summed E-state index contributed by atoms with van der Waals surface area (Å²) in [6.07, 6.45) is 0.964. The van der Waals surface area contributed by atoms with Crippen molar-refractivity contribution >= 4 is 6.03 Å². The number of urea groups is 1. The summed E-state index contributed by atoms with van der Waals surface area (Å²) in [6.45, 7) is 0.809. The van der Waals surface area contributed by atoms with E-state index in [2.05, 4.69) is 0 Å². The summed E-state index contributed by atoms with van der Waals surface area (Å²) in [5.74, 6) is 0. The van der Waals surface area contributed by atoms with E-state index in [4.69, 9.17) is 15.9 Å². The highest BCUT2D eigenvalue weighted by Crippen LogP contribution is 1.93. The van der Waals surface area contributed by atoms with Gasteiger partial charge in [-0.3, -0.25) is 0 Å². The van der Waals surface area contributed by atoms with Crippen LogP contribution in [-0.4, -0.2) is 47.4 Å². The number of aliphatic hydroxyl groups excluding tert-OH is 2. The Labute approximate surface area is 71.8 Å². The normalized spacial score (nSPS) is 9.83. The van der Waals surface area contributed by atoms with E-state index in [0.29, 0.717) is 25.9 Å². The Morgan fingerprint density at radius 2 is 1.58 bits per heavy atom. The second-order valence-electron chi connectivity index (χ2n) is 2.45. The van der Waals surface area contributed by atoms with Gasteiger partial charge in [-0.2, -0.15) is 0 Å². The highest BCUT2D eigenvalue weighted by atomic mass is 16.3. The number of nitrogens with one attached hydrogen (secondary N) is 1. The predicted molar refractivity (Wildman–Crippen MR) is 43.5 cm³/mol. The highest BCUT2D eigenvalue weighted by Gasteiger charge is 2.07. The molecule has 0 rings (SSSR count). The van der Waals surface area contributed by atoms with E-state index in [0.717, 1.165) is 0 Å². The van der Waals surface area contributed by atoms with Gasteiger partial charge in [-0.25, -0.2) is 10.5 Å². The first-order valence-electron chi connectivity index (χ1n) is 3.94. The maximum atomic E-state index is 10.6. The molecular formula is C7H15N2O3. The molecule has 0 fully saturated rings. The quantitative estimate of drug-likeness (QED) is 0.568. The topological polar surface area (TPSA) is 84.6 Å². The summed E-state index contributed by atoms with van der Waals surface area (Å²) in [4.78, 5) is 11.9. The van der Waals surface area contributed by atoms with Gasteiger partial charge in [0, 0.05) is 26.3 Å². The Morgan fingerprint density at radius 1 is 1.17 bits per heavy atom. The van der Waals surface area contributed by atoms with Gasteiger partial charge < -0.3 is 15.1 Å². The molecule has 0 aromatic rings. The molecule has 71 valence electrons. The van der Waals surface area contributed by atoms with E-state index in [9.17, 15) is 4.79 Å². The molecule has 0 unspecified atom stereocenters. The lowest BCUT2D eigenvalue weighted by atomic mass is 10.3. The van der Waals surface area contributed by atoms with Crippen molar-refractivity contribution in [3.8, 4) is 0 Å². The second-order valence-corrected chi connectivity index (χ2v) is 2.45. The Kier molecular flexibility index (Phi) is 6.41. The zero-order valence-electron chi connectivity index (χ0n) is 6.99. The van der Waals surface area contributed by atoms with Crippen LogP contribution in [0.15, 0.2) is 0 Å². The Morgan fingerprint density at radius 3 is 1.83 bits per heavy atom. The number of carbonyl (C=O) groups is 1. The van der Waals surface area contributed by atoms with E-state index in [1.54, 1.807) is 0 Å². The van der Waals surface area contributed by atoms with E-state index in [-0.39, 0.29) is 13.2 Å². The molecule has 5 heteroatoms. The molecule has 1 radical (unpaired) electrons. The molecule has 0 saturated heterocycles. The third-order valence-electron chi connectivity index (χ3n) is 1.46. The Hall–Kier alpha value is -0.810. The van der Waals surface area contributed by atoms with Gasteiger partial charge in [0.1, 0.15) is 0 Å². The van der Waals surface area contributed by atoms with Crippen LogP contribution in [0, 0.1) is 0 Å².